The molecule has 0 atom stereocenters. The number of likely N-dealkylation sites (N-methyl/N-ethyl adjacent to an activating group) is 1. The van der Waals surface area contributed by atoms with Gasteiger partial charge in [-0.2, -0.15) is 0 Å². The number of aromatic nitrogens is 1. The van der Waals surface area contributed by atoms with Crippen LogP contribution in [0.25, 0.3) is 0 Å². The first-order valence-corrected chi connectivity index (χ1v) is 6.68. The third-order valence-electron chi connectivity index (χ3n) is 2.82. The number of rotatable bonds is 7. The van der Waals surface area contributed by atoms with Crippen molar-refractivity contribution in [1.29, 1.82) is 0 Å². The summed E-state index contributed by atoms with van der Waals surface area (Å²) in [5.74, 6) is 5.05. The van der Waals surface area contributed by atoms with Crippen LogP contribution in [-0.2, 0) is 4.74 Å². The highest BCUT2D eigenvalue weighted by molar-refractivity contribution is 5.96. The largest absolute Gasteiger partial charge is 0.384 e. The van der Waals surface area contributed by atoms with Crippen molar-refractivity contribution in [2.75, 3.05) is 47.0 Å². The lowest BCUT2D eigenvalue weighted by atomic mass is 10.1. The fourth-order valence-electron chi connectivity index (χ4n) is 1.64. The lowest BCUT2D eigenvalue weighted by Crippen LogP contribution is -2.34. The molecule has 0 fully saturated rings. The number of nitrogens with zero attached hydrogens (tertiary/aromatic N) is 2. The van der Waals surface area contributed by atoms with E-state index in [-0.39, 0.29) is 12.5 Å². The summed E-state index contributed by atoms with van der Waals surface area (Å²) in [7, 11) is 3.63. The van der Waals surface area contributed by atoms with Crippen LogP contribution < -0.4 is 5.32 Å². The Morgan fingerprint density at radius 1 is 1.52 bits per heavy atom. The summed E-state index contributed by atoms with van der Waals surface area (Å²) in [6.07, 6.45) is 3.06. The van der Waals surface area contributed by atoms with Gasteiger partial charge in [0.1, 0.15) is 6.61 Å². The minimum atomic E-state index is -0.250. The fraction of sp³-hybridized carbons (Fsp3) is 0.467. The molecule has 0 saturated carbocycles. The first kappa shape index (κ1) is 17.1. The molecule has 6 nitrogen and oxygen atoms in total. The van der Waals surface area contributed by atoms with Crippen molar-refractivity contribution in [3.8, 4) is 11.8 Å². The van der Waals surface area contributed by atoms with Crippen molar-refractivity contribution in [3.05, 3.63) is 29.6 Å². The van der Waals surface area contributed by atoms with Crippen LogP contribution in [0, 0.1) is 11.8 Å². The summed E-state index contributed by atoms with van der Waals surface area (Å²) in [5, 5.41) is 11.6. The van der Waals surface area contributed by atoms with Crippen molar-refractivity contribution in [2.45, 2.75) is 0 Å². The van der Waals surface area contributed by atoms with Crippen LogP contribution in [0.4, 0.5) is 0 Å². The Balaban J connectivity index is 2.52. The third kappa shape index (κ3) is 6.36. The van der Waals surface area contributed by atoms with Crippen molar-refractivity contribution in [2.24, 2.45) is 0 Å². The molecule has 0 radical (unpaired) electrons. The molecule has 1 rings (SSSR count). The van der Waals surface area contributed by atoms with Gasteiger partial charge in [0.25, 0.3) is 5.91 Å². The molecule has 0 unspecified atom stereocenters. The molecular weight excluding hydrogens is 270 g/mol. The zero-order chi connectivity index (χ0) is 15.5. The van der Waals surface area contributed by atoms with Gasteiger partial charge in [-0.05, 0) is 13.1 Å². The van der Waals surface area contributed by atoms with Gasteiger partial charge in [-0.3, -0.25) is 9.78 Å². The molecule has 0 saturated heterocycles. The molecule has 1 amide bonds. The molecule has 0 spiro atoms. The maximum atomic E-state index is 12.1. The van der Waals surface area contributed by atoms with Gasteiger partial charge in [0.15, 0.2) is 0 Å². The highest BCUT2D eigenvalue weighted by atomic mass is 16.5. The van der Waals surface area contributed by atoms with Gasteiger partial charge in [-0.25, -0.2) is 0 Å². The predicted molar refractivity (Wildman–Crippen MR) is 79.9 cm³/mol. The van der Waals surface area contributed by atoms with Gasteiger partial charge in [0, 0.05) is 39.1 Å². The van der Waals surface area contributed by atoms with Crippen LogP contribution in [0.1, 0.15) is 15.9 Å². The number of methoxy groups -OCH3 is 1. The summed E-state index contributed by atoms with van der Waals surface area (Å²) in [6.45, 7) is 2.50. The number of hydrogen-bond donors (Lipinski definition) is 2. The van der Waals surface area contributed by atoms with Crippen molar-refractivity contribution < 1.29 is 14.6 Å². The lowest BCUT2D eigenvalue weighted by molar-refractivity contribution is 0.0947. The molecule has 6 heteroatoms. The third-order valence-corrected chi connectivity index (χ3v) is 2.82. The second-order valence-electron chi connectivity index (χ2n) is 4.43. The molecular formula is C15H21N3O3. The Kier molecular flexibility index (Phi) is 8.05. The summed E-state index contributed by atoms with van der Waals surface area (Å²) in [6, 6.07) is 1.62. The minimum Gasteiger partial charge on any atom is -0.384 e. The topological polar surface area (TPSA) is 74.7 Å². The SMILES string of the molecule is COCCN(C)CCNC(=O)c1ccncc1C#CCO. The van der Waals surface area contributed by atoms with Crippen molar-refractivity contribution in [3.63, 3.8) is 0 Å². The smallest absolute Gasteiger partial charge is 0.252 e. The van der Waals surface area contributed by atoms with E-state index in [1.165, 1.54) is 6.20 Å². The van der Waals surface area contributed by atoms with Gasteiger partial charge < -0.3 is 20.1 Å². The van der Waals surface area contributed by atoms with E-state index in [4.69, 9.17) is 9.84 Å². The minimum absolute atomic E-state index is 0.195. The second-order valence-corrected chi connectivity index (χ2v) is 4.43. The fourth-order valence-corrected chi connectivity index (χ4v) is 1.64. The number of carbonyl (C=O) groups excluding carboxylic acids is 1. The van der Waals surface area contributed by atoms with Gasteiger partial charge in [-0.1, -0.05) is 11.8 Å². The molecule has 0 aliphatic rings. The van der Waals surface area contributed by atoms with Gasteiger partial charge in [0.05, 0.1) is 17.7 Å². The zero-order valence-electron chi connectivity index (χ0n) is 12.4. The maximum absolute atomic E-state index is 12.1. The van der Waals surface area contributed by atoms with Crippen LogP contribution in [0.3, 0.4) is 0 Å². The van der Waals surface area contributed by atoms with Gasteiger partial charge in [0.2, 0.25) is 0 Å². The average Bonchev–Trinajstić information content (AvgIpc) is 2.51. The van der Waals surface area contributed by atoms with E-state index in [2.05, 4.69) is 27.0 Å². The van der Waals surface area contributed by atoms with Gasteiger partial charge >= 0.3 is 0 Å². The monoisotopic (exact) mass is 291 g/mol. The van der Waals surface area contributed by atoms with E-state index in [9.17, 15) is 4.79 Å². The van der Waals surface area contributed by atoms with Crippen LogP contribution in [-0.4, -0.2) is 67.9 Å². The van der Waals surface area contributed by atoms with Crippen LogP contribution >= 0.6 is 0 Å². The number of hydrogen-bond acceptors (Lipinski definition) is 5. The number of aliphatic hydroxyl groups is 1. The first-order valence-electron chi connectivity index (χ1n) is 6.68. The molecule has 0 bridgehead atoms. The predicted octanol–water partition coefficient (Wildman–Crippen LogP) is -0.267. The molecule has 0 aromatic carbocycles. The summed E-state index contributed by atoms with van der Waals surface area (Å²) >= 11 is 0. The van der Waals surface area contributed by atoms with Gasteiger partial charge in [-0.15, -0.1) is 0 Å². The first-order chi connectivity index (χ1) is 10.2. The molecule has 1 aromatic heterocycles. The van der Waals surface area contributed by atoms with Crippen LogP contribution in [0.2, 0.25) is 0 Å². The molecule has 1 aromatic rings. The number of aliphatic hydroxyl groups excluding tert-OH is 1. The molecule has 0 aliphatic carbocycles. The number of ether oxygens (including phenoxy) is 1. The molecule has 2 N–H and O–H groups in total. The van der Waals surface area contributed by atoms with E-state index in [1.807, 2.05) is 7.05 Å². The van der Waals surface area contributed by atoms with Crippen molar-refractivity contribution >= 4 is 5.91 Å². The number of nitrogens with one attached hydrogen (secondary N) is 1. The van der Waals surface area contributed by atoms with E-state index < -0.39 is 0 Å². The average molecular weight is 291 g/mol. The lowest BCUT2D eigenvalue weighted by Gasteiger charge is -2.16. The highest BCUT2D eigenvalue weighted by Crippen LogP contribution is 2.05. The van der Waals surface area contributed by atoms with Crippen molar-refractivity contribution in [1.82, 2.24) is 15.2 Å². The number of amides is 1. The molecule has 1 heterocycles. The Bertz CT molecular complexity index is 508. The van der Waals surface area contributed by atoms with E-state index in [0.717, 1.165) is 13.1 Å². The van der Waals surface area contributed by atoms with E-state index >= 15 is 0 Å². The zero-order valence-corrected chi connectivity index (χ0v) is 12.4. The Hall–Kier alpha value is -1.94. The van der Waals surface area contributed by atoms with Crippen LogP contribution in [0.15, 0.2) is 18.5 Å². The summed E-state index contributed by atoms with van der Waals surface area (Å²) in [4.78, 5) is 18.1. The number of pyridine rings is 1. The summed E-state index contributed by atoms with van der Waals surface area (Å²) in [5.41, 5.74) is 0.974. The van der Waals surface area contributed by atoms with Crippen LogP contribution in [0.5, 0.6) is 0 Å². The summed E-state index contributed by atoms with van der Waals surface area (Å²) < 4.78 is 4.99. The normalized spacial score (nSPS) is 10.1. The molecule has 0 aliphatic heterocycles. The Morgan fingerprint density at radius 3 is 3.05 bits per heavy atom. The quantitative estimate of drug-likeness (QED) is 0.677. The molecule has 114 valence electrons. The maximum Gasteiger partial charge on any atom is 0.252 e. The highest BCUT2D eigenvalue weighted by Gasteiger charge is 2.09. The Morgan fingerprint density at radius 2 is 2.33 bits per heavy atom. The Labute approximate surface area is 125 Å². The van der Waals surface area contributed by atoms with E-state index in [1.54, 1.807) is 19.4 Å². The standard InChI is InChI=1S/C15H21N3O3/c1-18(9-11-21-2)8-7-17-15(20)14-5-6-16-12-13(14)4-3-10-19/h5-6,12,19H,7-11H2,1-2H3,(H,17,20). The van der Waals surface area contributed by atoms with E-state index in [0.29, 0.717) is 24.3 Å². The number of carbonyl (C=O) groups is 1. The molecule has 21 heavy (non-hydrogen) atoms. The second kappa shape index (κ2) is 9.88.